The summed E-state index contributed by atoms with van der Waals surface area (Å²) in [5.41, 5.74) is 0.738. The number of aromatic nitrogens is 2. The van der Waals surface area contributed by atoms with Gasteiger partial charge in [-0.05, 0) is 30.3 Å². The molecule has 1 heterocycles. The van der Waals surface area contributed by atoms with Gasteiger partial charge in [0, 0.05) is 12.4 Å². The van der Waals surface area contributed by atoms with E-state index < -0.39 is 10.0 Å². The smallest absolute Gasteiger partial charge is 0.262 e. The SMILES string of the molecule is O=S(=O)(NO)c1ccc(-n2cccn2)cc1. The first-order valence-electron chi connectivity index (χ1n) is 4.39. The van der Waals surface area contributed by atoms with E-state index in [1.165, 1.54) is 17.0 Å². The highest BCUT2D eigenvalue weighted by Gasteiger charge is 2.11. The topological polar surface area (TPSA) is 84.2 Å². The predicted molar refractivity (Wildman–Crippen MR) is 55.7 cm³/mol. The van der Waals surface area contributed by atoms with Gasteiger partial charge in [-0.15, -0.1) is 0 Å². The minimum atomic E-state index is -3.81. The molecule has 16 heavy (non-hydrogen) atoms. The molecule has 2 N–H and O–H groups in total. The molecule has 0 saturated heterocycles. The van der Waals surface area contributed by atoms with Gasteiger partial charge in [-0.2, -0.15) is 5.10 Å². The molecule has 0 aliphatic carbocycles. The molecule has 84 valence electrons. The minimum Gasteiger partial charge on any atom is -0.302 e. The predicted octanol–water partition coefficient (Wildman–Crippen LogP) is 0.540. The fraction of sp³-hybridized carbons (Fsp3) is 0. The second-order valence-corrected chi connectivity index (χ2v) is 4.70. The summed E-state index contributed by atoms with van der Waals surface area (Å²) < 4.78 is 24.0. The Morgan fingerprint density at radius 2 is 1.94 bits per heavy atom. The lowest BCUT2D eigenvalue weighted by atomic mass is 10.3. The van der Waals surface area contributed by atoms with E-state index in [4.69, 9.17) is 5.21 Å². The third-order valence-corrected chi connectivity index (χ3v) is 3.17. The van der Waals surface area contributed by atoms with Crippen LogP contribution in [-0.2, 0) is 10.0 Å². The average Bonchev–Trinajstić information content (AvgIpc) is 2.83. The summed E-state index contributed by atoms with van der Waals surface area (Å²) in [7, 11) is -3.81. The number of benzene rings is 1. The van der Waals surface area contributed by atoms with Crippen molar-refractivity contribution in [1.29, 1.82) is 0 Å². The first kappa shape index (κ1) is 10.8. The lowest BCUT2D eigenvalue weighted by molar-refractivity contribution is 0.242. The first-order valence-corrected chi connectivity index (χ1v) is 5.88. The minimum absolute atomic E-state index is 0.00842. The quantitative estimate of drug-likeness (QED) is 0.766. The standard InChI is InChI=1S/C9H9N3O3S/c13-11-16(14,15)9-4-2-8(3-5-9)12-7-1-6-10-12/h1-7,11,13H. The van der Waals surface area contributed by atoms with Gasteiger partial charge < -0.3 is 5.21 Å². The number of nitrogens with one attached hydrogen (secondary N) is 1. The lowest BCUT2D eigenvalue weighted by Crippen LogP contribution is -2.19. The maximum atomic E-state index is 11.2. The van der Waals surface area contributed by atoms with Crippen LogP contribution in [0.3, 0.4) is 0 Å². The summed E-state index contributed by atoms with van der Waals surface area (Å²) in [6, 6.07) is 7.72. The molecular formula is C9H9N3O3S. The van der Waals surface area contributed by atoms with E-state index in [0.717, 1.165) is 5.69 Å². The van der Waals surface area contributed by atoms with Gasteiger partial charge in [0.2, 0.25) is 0 Å². The van der Waals surface area contributed by atoms with Gasteiger partial charge in [-0.25, -0.2) is 13.1 Å². The Morgan fingerprint density at radius 3 is 2.44 bits per heavy atom. The van der Waals surface area contributed by atoms with Crippen molar-refractivity contribution in [3.63, 3.8) is 0 Å². The van der Waals surface area contributed by atoms with Gasteiger partial charge in [-0.3, -0.25) is 0 Å². The van der Waals surface area contributed by atoms with Crippen molar-refractivity contribution < 1.29 is 13.6 Å². The zero-order valence-electron chi connectivity index (χ0n) is 8.11. The zero-order chi connectivity index (χ0) is 11.6. The summed E-state index contributed by atoms with van der Waals surface area (Å²) in [6.45, 7) is 0. The van der Waals surface area contributed by atoms with E-state index in [-0.39, 0.29) is 4.90 Å². The van der Waals surface area contributed by atoms with Crippen LogP contribution in [0.15, 0.2) is 47.6 Å². The van der Waals surface area contributed by atoms with Crippen LogP contribution in [0.25, 0.3) is 5.69 Å². The molecular weight excluding hydrogens is 230 g/mol. The third-order valence-electron chi connectivity index (χ3n) is 2.04. The Morgan fingerprint density at radius 1 is 1.25 bits per heavy atom. The Hall–Kier alpha value is -1.70. The van der Waals surface area contributed by atoms with Crippen molar-refractivity contribution >= 4 is 10.0 Å². The van der Waals surface area contributed by atoms with Crippen LogP contribution < -0.4 is 4.89 Å². The molecule has 0 aliphatic rings. The number of hydrogen-bond donors (Lipinski definition) is 2. The number of hydrogen-bond acceptors (Lipinski definition) is 4. The van der Waals surface area contributed by atoms with Crippen molar-refractivity contribution in [3.8, 4) is 5.69 Å². The number of rotatable bonds is 3. The highest BCUT2D eigenvalue weighted by Crippen LogP contribution is 2.12. The molecule has 0 atom stereocenters. The van der Waals surface area contributed by atoms with E-state index in [1.54, 1.807) is 35.3 Å². The fourth-order valence-corrected chi connectivity index (χ4v) is 1.85. The molecule has 0 spiro atoms. The van der Waals surface area contributed by atoms with Gasteiger partial charge in [0.25, 0.3) is 10.0 Å². The second-order valence-electron chi connectivity index (χ2n) is 3.04. The van der Waals surface area contributed by atoms with Gasteiger partial charge in [-0.1, -0.05) is 4.89 Å². The molecule has 6 nitrogen and oxygen atoms in total. The molecule has 0 fully saturated rings. The van der Waals surface area contributed by atoms with Crippen LogP contribution in [0.5, 0.6) is 0 Å². The Kier molecular flexibility index (Phi) is 2.73. The van der Waals surface area contributed by atoms with Crippen molar-refractivity contribution in [3.05, 3.63) is 42.7 Å². The second kappa shape index (κ2) is 4.05. The molecule has 1 aromatic heterocycles. The van der Waals surface area contributed by atoms with E-state index >= 15 is 0 Å². The summed E-state index contributed by atoms with van der Waals surface area (Å²) in [5.74, 6) is 0. The normalized spacial score (nSPS) is 11.6. The van der Waals surface area contributed by atoms with Crippen LogP contribution in [0.2, 0.25) is 0 Å². The van der Waals surface area contributed by atoms with Crippen LogP contribution in [0.4, 0.5) is 0 Å². The summed E-state index contributed by atoms with van der Waals surface area (Å²) in [5, 5.41) is 12.4. The largest absolute Gasteiger partial charge is 0.302 e. The molecule has 2 rings (SSSR count). The van der Waals surface area contributed by atoms with Crippen LogP contribution in [-0.4, -0.2) is 23.4 Å². The molecule has 0 aliphatic heterocycles. The van der Waals surface area contributed by atoms with E-state index in [1.807, 2.05) is 0 Å². The lowest BCUT2D eigenvalue weighted by Gasteiger charge is -2.03. The maximum Gasteiger partial charge on any atom is 0.262 e. The van der Waals surface area contributed by atoms with Crippen molar-refractivity contribution in [2.24, 2.45) is 0 Å². The van der Waals surface area contributed by atoms with Crippen molar-refractivity contribution in [2.75, 3.05) is 0 Å². The van der Waals surface area contributed by atoms with Crippen LogP contribution >= 0.6 is 0 Å². The van der Waals surface area contributed by atoms with Gasteiger partial charge in [0.05, 0.1) is 10.6 Å². The highest BCUT2D eigenvalue weighted by molar-refractivity contribution is 7.89. The van der Waals surface area contributed by atoms with E-state index in [2.05, 4.69) is 5.10 Å². The summed E-state index contributed by atoms with van der Waals surface area (Å²) in [6.07, 6.45) is 3.37. The maximum absolute atomic E-state index is 11.2. The molecule has 7 heteroatoms. The molecule has 0 amide bonds. The van der Waals surface area contributed by atoms with Crippen LogP contribution in [0.1, 0.15) is 0 Å². The fourth-order valence-electron chi connectivity index (χ4n) is 1.25. The van der Waals surface area contributed by atoms with Crippen molar-refractivity contribution in [2.45, 2.75) is 4.90 Å². The number of sulfonamides is 1. The zero-order valence-corrected chi connectivity index (χ0v) is 8.92. The third kappa shape index (κ3) is 1.96. The Labute approximate surface area is 92.2 Å². The molecule has 2 aromatic rings. The molecule has 0 saturated carbocycles. The Bertz CT molecular complexity index is 561. The molecule has 0 bridgehead atoms. The van der Waals surface area contributed by atoms with Crippen LogP contribution in [0, 0.1) is 0 Å². The van der Waals surface area contributed by atoms with E-state index in [0.29, 0.717) is 0 Å². The molecule has 1 aromatic carbocycles. The Balaban J connectivity index is 2.38. The number of nitrogens with zero attached hydrogens (tertiary/aromatic N) is 2. The highest BCUT2D eigenvalue weighted by atomic mass is 32.2. The molecule has 0 unspecified atom stereocenters. The van der Waals surface area contributed by atoms with Gasteiger partial charge in [0.1, 0.15) is 0 Å². The summed E-state index contributed by atoms with van der Waals surface area (Å²) >= 11 is 0. The van der Waals surface area contributed by atoms with Gasteiger partial charge in [0.15, 0.2) is 0 Å². The van der Waals surface area contributed by atoms with Crippen molar-refractivity contribution in [1.82, 2.24) is 14.7 Å². The average molecular weight is 239 g/mol. The first-order chi connectivity index (χ1) is 7.63. The van der Waals surface area contributed by atoms with Gasteiger partial charge >= 0.3 is 0 Å². The monoisotopic (exact) mass is 239 g/mol. The van der Waals surface area contributed by atoms with E-state index in [9.17, 15) is 8.42 Å². The molecule has 0 radical (unpaired) electrons. The summed E-state index contributed by atoms with van der Waals surface area (Å²) in [4.78, 5) is 1.25.